The summed E-state index contributed by atoms with van der Waals surface area (Å²) in [4.78, 5) is 46.6. The number of imide groups is 1. The molecule has 63 heavy (non-hydrogen) atoms. The lowest BCUT2D eigenvalue weighted by Crippen LogP contribution is -2.50. The third kappa shape index (κ3) is 8.76. The van der Waals surface area contributed by atoms with Crippen LogP contribution in [0.2, 0.25) is 0 Å². The van der Waals surface area contributed by atoms with Crippen molar-refractivity contribution in [2.45, 2.75) is 121 Å². The minimum Gasteiger partial charge on any atom is -0.396 e. The first-order chi connectivity index (χ1) is 30.5. The number of hydrogen-bond donors (Lipinski definition) is 4. The summed E-state index contributed by atoms with van der Waals surface area (Å²) >= 11 is 0. The number of hydrogen-bond acceptors (Lipinski definition) is 10. The highest BCUT2D eigenvalue weighted by Gasteiger charge is 2.40. The molecule has 14 nitrogen and oxygen atoms in total. The minimum atomic E-state index is -0.539. The number of nitrogen functional groups attached to an aromatic ring is 1. The summed E-state index contributed by atoms with van der Waals surface area (Å²) in [7, 11) is 0. The lowest BCUT2D eigenvalue weighted by molar-refractivity contribution is -0.134. The Morgan fingerprint density at radius 2 is 1.65 bits per heavy atom. The number of likely N-dealkylation sites (tertiary alicyclic amines) is 1. The summed E-state index contributed by atoms with van der Waals surface area (Å²) in [5.74, 6) is 0.347. The molecule has 4 aliphatic rings. The van der Waals surface area contributed by atoms with Gasteiger partial charge in [-0.15, -0.1) is 0 Å². The van der Waals surface area contributed by atoms with Gasteiger partial charge in [-0.25, -0.2) is 13.9 Å². The molecule has 5 aromatic rings. The number of fused-ring (bicyclic) bond motifs is 1. The zero-order valence-electron chi connectivity index (χ0n) is 36.7. The molecule has 1 saturated carbocycles. The number of benzene rings is 1. The predicted molar refractivity (Wildman–Crippen MR) is 243 cm³/mol. The Labute approximate surface area is 368 Å². The fourth-order valence-corrected chi connectivity index (χ4v) is 10.5. The summed E-state index contributed by atoms with van der Waals surface area (Å²) in [6.45, 7) is 9.59. The Bertz CT molecular complexity index is 2460. The largest absolute Gasteiger partial charge is 0.396 e. The van der Waals surface area contributed by atoms with Crippen molar-refractivity contribution in [3.8, 4) is 22.3 Å². The first kappa shape index (κ1) is 42.5. The first-order valence-corrected chi connectivity index (χ1v) is 22.9. The molecule has 5 N–H and O–H groups in total. The molecule has 3 saturated heterocycles. The van der Waals surface area contributed by atoms with Gasteiger partial charge in [0.05, 0.1) is 35.1 Å². The van der Waals surface area contributed by atoms with E-state index in [2.05, 4.69) is 66.9 Å². The van der Waals surface area contributed by atoms with Crippen LogP contribution in [0.5, 0.6) is 0 Å². The van der Waals surface area contributed by atoms with E-state index < -0.39 is 6.04 Å². The van der Waals surface area contributed by atoms with E-state index in [4.69, 9.17) is 15.8 Å². The van der Waals surface area contributed by atoms with Crippen LogP contribution in [-0.2, 0) is 14.4 Å². The predicted octanol–water partition coefficient (Wildman–Crippen LogP) is 7.08. The topological polar surface area (TPSA) is 168 Å². The number of pyridine rings is 2. The van der Waals surface area contributed by atoms with Crippen LogP contribution in [-0.4, -0.2) is 91.3 Å². The van der Waals surface area contributed by atoms with Crippen molar-refractivity contribution >= 4 is 40.4 Å². The second-order valence-electron chi connectivity index (χ2n) is 18.6. The number of nitrogens with two attached hydrogens (primary N) is 1. The molecule has 15 heteroatoms. The van der Waals surface area contributed by atoms with E-state index in [9.17, 15) is 14.4 Å². The Morgan fingerprint density at radius 1 is 0.889 bits per heavy atom. The van der Waals surface area contributed by atoms with E-state index >= 15 is 4.39 Å². The Kier molecular flexibility index (Phi) is 12.0. The number of rotatable bonds is 11. The molecule has 332 valence electrons. The smallest absolute Gasteiger partial charge is 0.249 e. The van der Waals surface area contributed by atoms with Crippen LogP contribution in [0.3, 0.4) is 0 Å². The molecule has 0 radical (unpaired) electrons. The van der Waals surface area contributed by atoms with Crippen molar-refractivity contribution in [3.05, 3.63) is 78.8 Å². The molecule has 0 spiro atoms. The van der Waals surface area contributed by atoms with Crippen LogP contribution in [0.1, 0.15) is 109 Å². The van der Waals surface area contributed by atoms with Gasteiger partial charge < -0.3 is 26.2 Å². The fourth-order valence-electron chi connectivity index (χ4n) is 10.5. The Hall–Kier alpha value is -5.83. The van der Waals surface area contributed by atoms with Crippen LogP contribution < -0.4 is 26.6 Å². The van der Waals surface area contributed by atoms with Gasteiger partial charge in [-0.2, -0.15) is 10.2 Å². The van der Waals surface area contributed by atoms with Crippen LogP contribution in [0.15, 0.2) is 67.4 Å². The monoisotopic (exact) mass is 857 g/mol. The molecule has 9 rings (SSSR count). The first-order valence-electron chi connectivity index (χ1n) is 22.9. The molecule has 4 fully saturated rings. The standard InChI is InChI=1S/C48H60FN11O3/c1-4-48(47(63)54-30(2)3)17-21-58(22-18-48)43-13-5-32(25-51-43)39-23-33(28-60-45(39)41(50)27-53-60)34-26-52-59(29-34)37-9-7-36(8-10-37)57-19-15-31(16-20-57)38-11-6-35(24-40(38)49)55-42-12-14-44(61)56-46(42)62/h5-6,11,13,23-31,36-37,42,55H,4,7-10,12,14-22,50H2,1-3H3,(H,54,63)(H,56,61,62). The van der Waals surface area contributed by atoms with Crippen molar-refractivity contribution in [2.24, 2.45) is 5.41 Å². The molecule has 1 aromatic carbocycles. The van der Waals surface area contributed by atoms with Gasteiger partial charge in [0.2, 0.25) is 17.7 Å². The highest BCUT2D eigenvalue weighted by atomic mass is 19.1. The normalized spacial score (nSPS) is 22.4. The highest BCUT2D eigenvalue weighted by Crippen LogP contribution is 2.40. The van der Waals surface area contributed by atoms with Crippen LogP contribution in [0.4, 0.5) is 21.6 Å². The maximum atomic E-state index is 15.4. The third-order valence-electron chi connectivity index (χ3n) is 14.4. The number of nitrogens with one attached hydrogen (secondary N) is 3. The molecule has 4 aromatic heterocycles. The number of piperidine rings is 3. The molecular weight excluding hydrogens is 798 g/mol. The van der Waals surface area contributed by atoms with Gasteiger partial charge in [0.25, 0.3) is 0 Å². The highest BCUT2D eigenvalue weighted by molar-refractivity contribution is 6.01. The van der Waals surface area contributed by atoms with Gasteiger partial charge in [0.1, 0.15) is 17.7 Å². The van der Waals surface area contributed by atoms with Crippen LogP contribution in [0, 0.1) is 11.2 Å². The number of amides is 3. The van der Waals surface area contributed by atoms with Crippen molar-refractivity contribution in [1.29, 1.82) is 0 Å². The summed E-state index contributed by atoms with van der Waals surface area (Å²) in [5.41, 5.74) is 12.8. The Balaban J connectivity index is 0.805. The summed E-state index contributed by atoms with van der Waals surface area (Å²) in [5, 5.41) is 18.1. The number of carbonyl (C=O) groups excluding carboxylic acids is 3. The second-order valence-corrected chi connectivity index (χ2v) is 18.6. The SMILES string of the molecule is CCC1(C(=O)NC(C)C)CCN(c2ccc(-c3cc(-c4cnn(C5CCC(N6CCC(c7ccc(NC8CCC(=O)NC8=O)cc7F)CC6)CC5)c4)cn4ncc(N)c34)cn2)CC1. The van der Waals surface area contributed by atoms with E-state index in [0.717, 1.165) is 123 Å². The van der Waals surface area contributed by atoms with Crippen molar-refractivity contribution in [1.82, 2.24) is 39.9 Å². The number of aromatic nitrogens is 5. The van der Waals surface area contributed by atoms with Crippen LogP contribution >= 0.6 is 0 Å². The van der Waals surface area contributed by atoms with E-state index in [1.54, 1.807) is 6.20 Å². The van der Waals surface area contributed by atoms with E-state index in [1.807, 2.05) is 49.1 Å². The van der Waals surface area contributed by atoms with Gasteiger partial charge in [0, 0.05) is 78.1 Å². The lowest BCUT2D eigenvalue weighted by Gasteiger charge is -2.41. The number of carbonyl (C=O) groups is 3. The lowest BCUT2D eigenvalue weighted by atomic mass is 9.75. The second kappa shape index (κ2) is 17.7. The zero-order chi connectivity index (χ0) is 43.8. The van der Waals surface area contributed by atoms with Crippen LogP contribution in [0.25, 0.3) is 27.8 Å². The summed E-state index contributed by atoms with van der Waals surface area (Å²) in [6.07, 6.45) is 18.9. The maximum Gasteiger partial charge on any atom is 0.249 e. The van der Waals surface area contributed by atoms with Gasteiger partial charge in [-0.3, -0.25) is 24.4 Å². The Morgan fingerprint density at radius 3 is 2.33 bits per heavy atom. The molecule has 3 amide bonds. The number of nitrogens with zero attached hydrogens (tertiary/aromatic N) is 7. The molecule has 0 bridgehead atoms. The quantitative estimate of drug-likeness (QED) is 0.101. The molecule has 7 heterocycles. The maximum absolute atomic E-state index is 15.4. The average Bonchev–Trinajstić information content (AvgIpc) is 3.94. The molecule has 1 unspecified atom stereocenters. The van der Waals surface area contributed by atoms with E-state index in [1.165, 1.54) is 6.07 Å². The average molecular weight is 858 g/mol. The summed E-state index contributed by atoms with van der Waals surface area (Å²) < 4.78 is 19.4. The van der Waals surface area contributed by atoms with Crippen molar-refractivity contribution < 1.29 is 18.8 Å². The van der Waals surface area contributed by atoms with Gasteiger partial charge in [-0.1, -0.05) is 13.0 Å². The number of anilines is 3. The molecule has 1 aliphatic carbocycles. The van der Waals surface area contributed by atoms with Gasteiger partial charge >= 0.3 is 0 Å². The summed E-state index contributed by atoms with van der Waals surface area (Å²) in [6, 6.07) is 11.9. The van der Waals surface area contributed by atoms with Gasteiger partial charge in [0.15, 0.2) is 0 Å². The van der Waals surface area contributed by atoms with E-state index in [-0.39, 0.29) is 47.3 Å². The van der Waals surface area contributed by atoms with Gasteiger partial charge in [-0.05, 0) is 133 Å². The molecule has 3 aliphatic heterocycles. The third-order valence-corrected chi connectivity index (χ3v) is 14.4. The molecule has 1 atom stereocenters. The van der Waals surface area contributed by atoms with E-state index in [0.29, 0.717) is 29.9 Å². The number of halogens is 1. The fraction of sp³-hybridized carbons (Fsp3) is 0.500. The molecular formula is C48H60FN11O3. The van der Waals surface area contributed by atoms with Crippen molar-refractivity contribution in [2.75, 3.05) is 42.1 Å². The van der Waals surface area contributed by atoms with Crippen molar-refractivity contribution in [3.63, 3.8) is 0 Å². The minimum absolute atomic E-state index is 0.126. The zero-order valence-corrected chi connectivity index (χ0v) is 36.7.